The van der Waals surface area contributed by atoms with Crippen molar-refractivity contribution in [2.24, 2.45) is 0 Å². The van der Waals surface area contributed by atoms with Crippen LogP contribution in [-0.2, 0) is 0 Å². The summed E-state index contributed by atoms with van der Waals surface area (Å²) < 4.78 is 0. The maximum Gasteiger partial charge on any atom is 0.252 e. The molecule has 0 aliphatic carbocycles. The molecule has 0 saturated heterocycles. The van der Waals surface area contributed by atoms with E-state index in [1.165, 1.54) is 0 Å². The number of hydrogen-bond donors (Lipinski definition) is 2. The first-order chi connectivity index (χ1) is 6.84. The SMILES string of the molecule is CCNCCCNC(=O)c1ccsc1. The molecule has 0 aliphatic heterocycles. The van der Waals surface area contributed by atoms with Crippen LogP contribution >= 0.6 is 11.3 Å². The van der Waals surface area contributed by atoms with E-state index in [1.807, 2.05) is 16.8 Å². The first kappa shape index (κ1) is 11.2. The molecule has 1 amide bonds. The summed E-state index contributed by atoms with van der Waals surface area (Å²) in [5.74, 6) is 0.0303. The van der Waals surface area contributed by atoms with Gasteiger partial charge in [0.2, 0.25) is 0 Å². The Kier molecular flexibility index (Phi) is 5.25. The molecule has 14 heavy (non-hydrogen) atoms. The summed E-state index contributed by atoms with van der Waals surface area (Å²) in [4.78, 5) is 11.4. The summed E-state index contributed by atoms with van der Waals surface area (Å²) in [6, 6.07) is 1.84. The highest BCUT2D eigenvalue weighted by Crippen LogP contribution is 2.04. The number of carbonyl (C=O) groups excluding carboxylic acids is 1. The molecular weight excluding hydrogens is 196 g/mol. The van der Waals surface area contributed by atoms with Crippen LogP contribution in [0.15, 0.2) is 16.8 Å². The van der Waals surface area contributed by atoms with Crippen molar-refractivity contribution in [3.8, 4) is 0 Å². The van der Waals surface area contributed by atoms with Gasteiger partial charge in [0, 0.05) is 17.5 Å². The highest BCUT2D eigenvalue weighted by atomic mass is 32.1. The van der Waals surface area contributed by atoms with Gasteiger partial charge < -0.3 is 10.6 Å². The minimum atomic E-state index is 0.0303. The minimum absolute atomic E-state index is 0.0303. The second-order valence-electron chi connectivity index (χ2n) is 2.98. The van der Waals surface area contributed by atoms with E-state index in [0.717, 1.165) is 31.6 Å². The van der Waals surface area contributed by atoms with Crippen LogP contribution in [0.1, 0.15) is 23.7 Å². The maximum absolute atomic E-state index is 11.4. The standard InChI is InChI=1S/C10H16N2OS/c1-2-11-5-3-6-12-10(13)9-4-7-14-8-9/h4,7-8,11H,2-3,5-6H2,1H3,(H,12,13). The summed E-state index contributed by atoms with van der Waals surface area (Å²) in [5.41, 5.74) is 0.762. The molecule has 0 fully saturated rings. The van der Waals surface area contributed by atoms with Gasteiger partial charge in [-0.3, -0.25) is 4.79 Å². The summed E-state index contributed by atoms with van der Waals surface area (Å²) in [6.45, 7) is 4.75. The minimum Gasteiger partial charge on any atom is -0.352 e. The first-order valence-corrected chi connectivity index (χ1v) is 5.80. The zero-order valence-electron chi connectivity index (χ0n) is 8.38. The lowest BCUT2D eigenvalue weighted by atomic mass is 10.3. The molecule has 3 nitrogen and oxygen atoms in total. The molecule has 0 unspecified atom stereocenters. The number of amides is 1. The third kappa shape index (κ3) is 3.89. The Morgan fingerprint density at radius 2 is 2.36 bits per heavy atom. The fourth-order valence-corrected chi connectivity index (χ4v) is 1.72. The summed E-state index contributed by atoms with van der Waals surface area (Å²) >= 11 is 1.54. The number of nitrogens with one attached hydrogen (secondary N) is 2. The molecule has 0 radical (unpaired) electrons. The van der Waals surface area contributed by atoms with Gasteiger partial charge in [0.25, 0.3) is 5.91 Å². The summed E-state index contributed by atoms with van der Waals surface area (Å²) in [5, 5.41) is 9.85. The number of hydrogen-bond acceptors (Lipinski definition) is 3. The van der Waals surface area contributed by atoms with Gasteiger partial charge in [-0.05, 0) is 31.0 Å². The topological polar surface area (TPSA) is 41.1 Å². The van der Waals surface area contributed by atoms with E-state index in [2.05, 4.69) is 17.6 Å². The average molecular weight is 212 g/mol. The van der Waals surface area contributed by atoms with E-state index in [9.17, 15) is 4.79 Å². The molecule has 0 saturated carbocycles. The second-order valence-corrected chi connectivity index (χ2v) is 3.76. The molecule has 4 heteroatoms. The third-order valence-corrected chi connectivity index (χ3v) is 2.53. The number of thiophene rings is 1. The van der Waals surface area contributed by atoms with Gasteiger partial charge >= 0.3 is 0 Å². The predicted octanol–water partition coefficient (Wildman–Crippen LogP) is 1.48. The zero-order chi connectivity index (χ0) is 10.2. The van der Waals surface area contributed by atoms with E-state index in [1.54, 1.807) is 11.3 Å². The molecule has 1 aromatic rings. The van der Waals surface area contributed by atoms with Crippen molar-refractivity contribution in [2.45, 2.75) is 13.3 Å². The van der Waals surface area contributed by atoms with Crippen molar-refractivity contribution in [3.05, 3.63) is 22.4 Å². The fourth-order valence-electron chi connectivity index (χ4n) is 1.09. The fraction of sp³-hybridized carbons (Fsp3) is 0.500. The van der Waals surface area contributed by atoms with Gasteiger partial charge in [-0.15, -0.1) is 0 Å². The van der Waals surface area contributed by atoms with Crippen LogP contribution in [0, 0.1) is 0 Å². The second kappa shape index (κ2) is 6.56. The normalized spacial score (nSPS) is 10.1. The van der Waals surface area contributed by atoms with Crippen molar-refractivity contribution in [1.82, 2.24) is 10.6 Å². The molecule has 0 aromatic carbocycles. The van der Waals surface area contributed by atoms with Gasteiger partial charge in [-0.2, -0.15) is 11.3 Å². The van der Waals surface area contributed by atoms with E-state index in [0.29, 0.717) is 0 Å². The van der Waals surface area contributed by atoms with Gasteiger partial charge in [0.05, 0.1) is 0 Å². The Morgan fingerprint density at radius 3 is 3.00 bits per heavy atom. The molecule has 78 valence electrons. The maximum atomic E-state index is 11.4. The van der Waals surface area contributed by atoms with Crippen molar-refractivity contribution in [1.29, 1.82) is 0 Å². The molecule has 1 rings (SSSR count). The van der Waals surface area contributed by atoms with Crippen LogP contribution in [0.5, 0.6) is 0 Å². The van der Waals surface area contributed by atoms with Gasteiger partial charge in [-0.1, -0.05) is 6.92 Å². The monoisotopic (exact) mass is 212 g/mol. The van der Waals surface area contributed by atoms with E-state index in [4.69, 9.17) is 0 Å². The van der Waals surface area contributed by atoms with Crippen LogP contribution in [-0.4, -0.2) is 25.5 Å². The first-order valence-electron chi connectivity index (χ1n) is 4.85. The predicted molar refractivity (Wildman–Crippen MR) is 59.8 cm³/mol. The largest absolute Gasteiger partial charge is 0.352 e. The van der Waals surface area contributed by atoms with Crippen LogP contribution in [0.25, 0.3) is 0 Å². The van der Waals surface area contributed by atoms with E-state index >= 15 is 0 Å². The molecule has 0 bridgehead atoms. The van der Waals surface area contributed by atoms with E-state index in [-0.39, 0.29) is 5.91 Å². The third-order valence-electron chi connectivity index (χ3n) is 1.85. The van der Waals surface area contributed by atoms with Crippen LogP contribution in [0.4, 0.5) is 0 Å². The number of carbonyl (C=O) groups is 1. The molecule has 0 atom stereocenters. The quantitative estimate of drug-likeness (QED) is 0.701. The lowest BCUT2D eigenvalue weighted by Crippen LogP contribution is -2.26. The van der Waals surface area contributed by atoms with Gasteiger partial charge in [0.15, 0.2) is 0 Å². The summed E-state index contributed by atoms with van der Waals surface area (Å²) in [6.07, 6.45) is 0.976. The summed E-state index contributed by atoms with van der Waals surface area (Å²) in [7, 11) is 0. The smallest absolute Gasteiger partial charge is 0.252 e. The lowest BCUT2D eigenvalue weighted by molar-refractivity contribution is 0.0954. The lowest BCUT2D eigenvalue weighted by Gasteiger charge is -2.03. The van der Waals surface area contributed by atoms with Crippen LogP contribution in [0.3, 0.4) is 0 Å². The Bertz CT molecular complexity index is 259. The van der Waals surface area contributed by atoms with E-state index < -0.39 is 0 Å². The molecule has 1 heterocycles. The molecule has 1 aromatic heterocycles. The van der Waals surface area contributed by atoms with Crippen molar-refractivity contribution >= 4 is 17.2 Å². The van der Waals surface area contributed by atoms with Crippen LogP contribution < -0.4 is 10.6 Å². The Balaban J connectivity index is 2.10. The van der Waals surface area contributed by atoms with Crippen molar-refractivity contribution in [3.63, 3.8) is 0 Å². The van der Waals surface area contributed by atoms with Gasteiger partial charge in [-0.25, -0.2) is 0 Å². The Morgan fingerprint density at radius 1 is 1.50 bits per heavy atom. The highest BCUT2D eigenvalue weighted by Gasteiger charge is 2.03. The molecule has 0 spiro atoms. The van der Waals surface area contributed by atoms with Crippen LogP contribution in [0.2, 0.25) is 0 Å². The molecule has 0 aliphatic rings. The van der Waals surface area contributed by atoms with Crippen molar-refractivity contribution < 1.29 is 4.79 Å². The van der Waals surface area contributed by atoms with Crippen molar-refractivity contribution in [2.75, 3.05) is 19.6 Å². The molecule has 2 N–H and O–H groups in total. The van der Waals surface area contributed by atoms with Gasteiger partial charge in [0.1, 0.15) is 0 Å². The molecular formula is C10H16N2OS. The average Bonchev–Trinajstić information content (AvgIpc) is 2.70. The zero-order valence-corrected chi connectivity index (χ0v) is 9.19. The number of rotatable bonds is 6. The highest BCUT2D eigenvalue weighted by molar-refractivity contribution is 7.08. The Labute approximate surface area is 88.5 Å². The Hall–Kier alpha value is -0.870.